The molecular formula is C24H26N4O3. The van der Waals surface area contributed by atoms with Gasteiger partial charge in [-0.2, -0.15) is 5.10 Å². The van der Waals surface area contributed by atoms with Crippen molar-refractivity contribution in [2.24, 2.45) is 0 Å². The van der Waals surface area contributed by atoms with Crippen LogP contribution in [0.3, 0.4) is 0 Å². The van der Waals surface area contributed by atoms with Gasteiger partial charge in [0.15, 0.2) is 0 Å². The third-order valence-corrected chi connectivity index (χ3v) is 5.69. The summed E-state index contributed by atoms with van der Waals surface area (Å²) in [6.45, 7) is -0.277. The van der Waals surface area contributed by atoms with E-state index in [4.69, 9.17) is 0 Å². The first-order valence-electron chi connectivity index (χ1n) is 10.6. The molecule has 0 aliphatic heterocycles. The van der Waals surface area contributed by atoms with Crippen LogP contribution in [0.5, 0.6) is 0 Å². The van der Waals surface area contributed by atoms with Crippen LogP contribution in [-0.4, -0.2) is 39.8 Å². The van der Waals surface area contributed by atoms with Gasteiger partial charge in [-0.05, 0) is 48.2 Å². The molecule has 1 heterocycles. The minimum absolute atomic E-state index is 0.121. The molecule has 0 saturated heterocycles. The number of rotatable bonds is 7. The Hall–Kier alpha value is -3.45. The van der Waals surface area contributed by atoms with Crippen molar-refractivity contribution in [1.29, 1.82) is 0 Å². The Morgan fingerprint density at radius 1 is 1.03 bits per heavy atom. The zero-order valence-corrected chi connectivity index (χ0v) is 17.2. The second-order valence-corrected chi connectivity index (χ2v) is 7.86. The van der Waals surface area contributed by atoms with Gasteiger partial charge in [0.05, 0.1) is 18.8 Å². The molecule has 160 valence electrons. The SMILES string of the molecule is O=C(NC1CCCC1)c1cccc([C@@H](CO)NC(=O)c2cccc(-c3cn[nH]c3)c2)c1. The Balaban J connectivity index is 1.47. The van der Waals surface area contributed by atoms with Crippen LogP contribution < -0.4 is 10.6 Å². The molecule has 1 aliphatic carbocycles. The number of aromatic amines is 1. The van der Waals surface area contributed by atoms with Crippen molar-refractivity contribution in [3.63, 3.8) is 0 Å². The lowest BCUT2D eigenvalue weighted by atomic mass is 10.0. The maximum atomic E-state index is 12.8. The number of amides is 2. The lowest BCUT2D eigenvalue weighted by Crippen LogP contribution is -2.33. The quantitative estimate of drug-likeness (QED) is 0.473. The summed E-state index contributed by atoms with van der Waals surface area (Å²) >= 11 is 0. The Morgan fingerprint density at radius 3 is 2.48 bits per heavy atom. The Bertz CT molecular complexity index is 1040. The number of aliphatic hydroxyl groups is 1. The van der Waals surface area contributed by atoms with Crippen LogP contribution in [0.1, 0.15) is 58.0 Å². The average molecular weight is 418 g/mol. The largest absolute Gasteiger partial charge is 0.394 e. The average Bonchev–Trinajstić information content (AvgIpc) is 3.52. The lowest BCUT2D eigenvalue weighted by molar-refractivity contribution is 0.0915. The number of carbonyl (C=O) groups excluding carboxylic acids is 2. The molecule has 1 fully saturated rings. The molecule has 0 bridgehead atoms. The summed E-state index contributed by atoms with van der Waals surface area (Å²) in [5.41, 5.74) is 3.44. The second kappa shape index (κ2) is 9.57. The van der Waals surface area contributed by atoms with Gasteiger partial charge >= 0.3 is 0 Å². The van der Waals surface area contributed by atoms with E-state index in [1.807, 2.05) is 6.07 Å². The van der Waals surface area contributed by atoms with Crippen molar-refractivity contribution in [3.8, 4) is 11.1 Å². The summed E-state index contributed by atoms with van der Waals surface area (Å²) < 4.78 is 0. The smallest absolute Gasteiger partial charge is 0.251 e. The summed E-state index contributed by atoms with van der Waals surface area (Å²) in [6, 6.07) is 13.9. The van der Waals surface area contributed by atoms with Crippen LogP contribution >= 0.6 is 0 Å². The molecule has 0 spiro atoms. The number of nitrogens with one attached hydrogen (secondary N) is 3. The van der Waals surface area contributed by atoms with E-state index in [0.29, 0.717) is 16.7 Å². The fourth-order valence-corrected chi connectivity index (χ4v) is 3.96. The normalized spacial score (nSPS) is 14.9. The van der Waals surface area contributed by atoms with Crippen LogP contribution in [0.4, 0.5) is 0 Å². The van der Waals surface area contributed by atoms with Crippen LogP contribution in [0, 0.1) is 0 Å². The van der Waals surface area contributed by atoms with Gasteiger partial charge in [-0.3, -0.25) is 14.7 Å². The topological polar surface area (TPSA) is 107 Å². The zero-order valence-electron chi connectivity index (χ0n) is 17.2. The fourth-order valence-electron chi connectivity index (χ4n) is 3.96. The fraction of sp³-hybridized carbons (Fsp3) is 0.292. The highest BCUT2D eigenvalue weighted by atomic mass is 16.3. The number of carbonyl (C=O) groups is 2. The van der Waals surface area contributed by atoms with E-state index < -0.39 is 6.04 Å². The van der Waals surface area contributed by atoms with E-state index in [0.717, 1.165) is 36.8 Å². The molecule has 0 unspecified atom stereocenters. The molecule has 31 heavy (non-hydrogen) atoms. The van der Waals surface area contributed by atoms with Gasteiger partial charge in [0.1, 0.15) is 0 Å². The maximum absolute atomic E-state index is 12.8. The first-order chi connectivity index (χ1) is 15.1. The first-order valence-corrected chi connectivity index (χ1v) is 10.6. The van der Waals surface area contributed by atoms with Crippen molar-refractivity contribution >= 4 is 11.8 Å². The minimum Gasteiger partial charge on any atom is -0.394 e. The predicted octanol–water partition coefficient (Wildman–Crippen LogP) is 3.21. The highest BCUT2D eigenvalue weighted by molar-refractivity contribution is 5.96. The molecule has 3 aromatic rings. The van der Waals surface area contributed by atoms with Crippen molar-refractivity contribution in [3.05, 3.63) is 77.6 Å². The first kappa shape index (κ1) is 20.8. The molecule has 7 nitrogen and oxygen atoms in total. The van der Waals surface area contributed by atoms with Crippen molar-refractivity contribution in [2.75, 3.05) is 6.61 Å². The van der Waals surface area contributed by atoms with Crippen LogP contribution in [0.2, 0.25) is 0 Å². The molecule has 2 amide bonds. The van der Waals surface area contributed by atoms with Gasteiger partial charge in [-0.25, -0.2) is 0 Å². The van der Waals surface area contributed by atoms with Crippen molar-refractivity contribution in [2.45, 2.75) is 37.8 Å². The molecule has 1 saturated carbocycles. The third kappa shape index (κ3) is 5.00. The van der Waals surface area contributed by atoms with Gasteiger partial charge in [0.25, 0.3) is 11.8 Å². The van der Waals surface area contributed by atoms with Crippen LogP contribution in [0.25, 0.3) is 11.1 Å². The van der Waals surface area contributed by atoms with Gasteiger partial charge in [-0.15, -0.1) is 0 Å². The molecule has 2 aromatic carbocycles. The Kier molecular flexibility index (Phi) is 6.43. The predicted molar refractivity (Wildman–Crippen MR) is 117 cm³/mol. The number of nitrogens with zero attached hydrogens (tertiary/aromatic N) is 1. The van der Waals surface area contributed by atoms with Crippen LogP contribution in [0.15, 0.2) is 60.9 Å². The summed E-state index contributed by atoms with van der Waals surface area (Å²) in [5.74, 6) is -0.421. The lowest BCUT2D eigenvalue weighted by Gasteiger charge is -2.18. The summed E-state index contributed by atoms with van der Waals surface area (Å²) in [4.78, 5) is 25.4. The highest BCUT2D eigenvalue weighted by Gasteiger charge is 2.20. The summed E-state index contributed by atoms with van der Waals surface area (Å²) in [7, 11) is 0. The van der Waals surface area contributed by atoms with Gasteiger partial charge in [-0.1, -0.05) is 37.1 Å². The van der Waals surface area contributed by atoms with E-state index in [2.05, 4.69) is 20.8 Å². The van der Waals surface area contributed by atoms with Crippen molar-refractivity contribution in [1.82, 2.24) is 20.8 Å². The van der Waals surface area contributed by atoms with E-state index in [9.17, 15) is 14.7 Å². The molecular weight excluding hydrogens is 392 g/mol. The molecule has 1 aliphatic rings. The van der Waals surface area contributed by atoms with Gasteiger partial charge in [0.2, 0.25) is 0 Å². The summed E-state index contributed by atoms with van der Waals surface area (Å²) in [6.07, 6.45) is 7.76. The Morgan fingerprint density at radius 2 is 1.77 bits per heavy atom. The number of aliphatic hydroxyl groups excluding tert-OH is 1. The van der Waals surface area contributed by atoms with E-state index in [1.54, 1.807) is 54.9 Å². The maximum Gasteiger partial charge on any atom is 0.251 e. The number of H-pyrrole nitrogens is 1. The Labute approximate surface area is 180 Å². The molecule has 4 N–H and O–H groups in total. The standard InChI is InChI=1S/C24H26N4O3/c29-15-22(17-6-4-8-19(12-17)23(30)27-21-9-1-2-10-21)28-24(31)18-7-3-5-16(11-18)20-13-25-26-14-20/h3-8,11-14,21-22,29H,1-2,9-10,15H2,(H,25,26)(H,27,30)(H,28,31)/t22-/m1/s1. The number of hydrogen-bond donors (Lipinski definition) is 4. The zero-order chi connectivity index (χ0) is 21.6. The molecule has 7 heteroatoms. The monoisotopic (exact) mass is 418 g/mol. The highest BCUT2D eigenvalue weighted by Crippen LogP contribution is 2.21. The summed E-state index contributed by atoms with van der Waals surface area (Å²) in [5, 5.41) is 22.5. The van der Waals surface area contributed by atoms with E-state index >= 15 is 0 Å². The second-order valence-electron chi connectivity index (χ2n) is 7.86. The third-order valence-electron chi connectivity index (χ3n) is 5.69. The minimum atomic E-state index is -0.621. The molecule has 1 aromatic heterocycles. The van der Waals surface area contributed by atoms with Crippen LogP contribution in [-0.2, 0) is 0 Å². The van der Waals surface area contributed by atoms with E-state index in [1.165, 1.54) is 0 Å². The number of aromatic nitrogens is 2. The van der Waals surface area contributed by atoms with Crippen molar-refractivity contribution < 1.29 is 14.7 Å². The van der Waals surface area contributed by atoms with Gasteiger partial charge < -0.3 is 15.7 Å². The van der Waals surface area contributed by atoms with E-state index in [-0.39, 0.29) is 24.5 Å². The molecule has 1 atom stereocenters. The molecule has 4 rings (SSSR count). The number of benzene rings is 2. The van der Waals surface area contributed by atoms with Gasteiger partial charge in [0, 0.05) is 28.9 Å². The number of hydrogen-bond acceptors (Lipinski definition) is 4. The molecule has 0 radical (unpaired) electrons.